The molecule has 1 unspecified atom stereocenters. The molecule has 0 amide bonds. The zero-order valence-corrected chi connectivity index (χ0v) is 9.43. The lowest BCUT2D eigenvalue weighted by atomic mass is 10.2. The second kappa shape index (κ2) is 7.76. The highest BCUT2D eigenvalue weighted by Crippen LogP contribution is 2.04. The van der Waals surface area contributed by atoms with Crippen LogP contribution < -0.4 is 5.32 Å². The lowest BCUT2D eigenvalue weighted by Crippen LogP contribution is -2.29. The number of pyridine rings is 1. The predicted molar refractivity (Wildman–Crippen MR) is 61.3 cm³/mol. The summed E-state index contributed by atoms with van der Waals surface area (Å²) in [6.07, 6.45) is 6.02. The summed E-state index contributed by atoms with van der Waals surface area (Å²) in [5.41, 5.74) is 1.10. The third kappa shape index (κ3) is 4.84. The Hall–Kier alpha value is -1.49. The van der Waals surface area contributed by atoms with E-state index in [0.717, 1.165) is 24.8 Å². The fourth-order valence-corrected chi connectivity index (χ4v) is 1.37. The molecule has 1 rings (SSSR count). The Bertz CT molecular complexity index is 293. The maximum absolute atomic E-state index is 10.1. The summed E-state index contributed by atoms with van der Waals surface area (Å²) in [6, 6.07) is 3.83. The summed E-state index contributed by atoms with van der Waals surface area (Å²) >= 11 is 0. The summed E-state index contributed by atoms with van der Waals surface area (Å²) < 4.78 is 0. The number of hydrogen-bond donors (Lipinski definition) is 1. The average molecular weight is 223 g/mol. The molecule has 0 aliphatic heterocycles. The number of nitrogens with zero attached hydrogens (tertiary/aromatic N) is 2. The summed E-state index contributed by atoms with van der Waals surface area (Å²) in [5.74, 6) is 0. The van der Waals surface area contributed by atoms with Crippen LogP contribution in [0.4, 0.5) is 0 Å². The van der Waals surface area contributed by atoms with Gasteiger partial charge in [-0.3, -0.25) is 10.3 Å². The van der Waals surface area contributed by atoms with Crippen molar-refractivity contribution in [2.45, 2.75) is 39.0 Å². The van der Waals surface area contributed by atoms with E-state index in [2.05, 4.69) is 22.6 Å². The zero-order chi connectivity index (χ0) is 11.6. The van der Waals surface area contributed by atoms with E-state index >= 15 is 0 Å². The van der Waals surface area contributed by atoms with Gasteiger partial charge >= 0.3 is 0 Å². The molecule has 0 fully saturated rings. The van der Waals surface area contributed by atoms with Gasteiger partial charge in [0.15, 0.2) is 11.6 Å². The molecular weight excluding hydrogens is 206 g/mol. The first kappa shape index (κ1) is 12.6. The average Bonchev–Trinajstić information content (AvgIpc) is 2.34. The molecule has 16 heavy (non-hydrogen) atoms. The minimum Gasteiger partial charge on any atom is -0.345 e. The summed E-state index contributed by atoms with van der Waals surface area (Å²) in [4.78, 5) is 18.7. The van der Waals surface area contributed by atoms with E-state index in [-0.39, 0.29) is 6.23 Å². The van der Waals surface area contributed by atoms with Gasteiger partial charge < -0.3 is 4.84 Å². The molecule has 5 nitrogen and oxygen atoms in total. The third-order valence-corrected chi connectivity index (χ3v) is 2.27. The van der Waals surface area contributed by atoms with Crippen molar-refractivity contribution in [2.75, 3.05) is 0 Å². The van der Waals surface area contributed by atoms with Crippen molar-refractivity contribution < 1.29 is 4.84 Å². The highest BCUT2D eigenvalue weighted by molar-refractivity contribution is 5.08. The quantitative estimate of drug-likeness (QED) is 0.417. The zero-order valence-electron chi connectivity index (χ0n) is 9.43. The molecule has 0 spiro atoms. The van der Waals surface area contributed by atoms with Crippen molar-refractivity contribution in [1.29, 1.82) is 0 Å². The van der Waals surface area contributed by atoms with E-state index in [0.29, 0.717) is 6.54 Å². The highest BCUT2D eigenvalue weighted by atomic mass is 16.7. The lowest BCUT2D eigenvalue weighted by Gasteiger charge is -2.14. The SMILES string of the molecule is CCCCC(NCc1ccncc1)ON=O. The fourth-order valence-electron chi connectivity index (χ4n) is 1.37. The van der Waals surface area contributed by atoms with E-state index < -0.39 is 0 Å². The highest BCUT2D eigenvalue weighted by Gasteiger charge is 2.08. The Labute approximate surface area is 95.2 Å². The molecule has 0 aliphatic carbocycles. The molecular formula is C11H17N3O2. The minimum atomic E-state index is -0.300. The Morgan fingerprint density at radius 2 is 2.25 bits per heavy atom. The monoisotopic (exact) mass is 223 g/mol. The molecule has 88 valence electrons. The van der Waals surface area contributed by atoms with Crippen molar-refractivity contribution in [3.63, 3.8) is 0 Å². The van der Waals surface area contributed by atoms with E-state index in [9.17, 15) is 4.91 Å². The minimum absolute atomic E-state index is 0.300. The molecule has 1 N–H and O–H groups in total. The van der Waals surface area contributed by atoms with Crippen LogP contribution in [-0.4, -0.2) is 11.2 Å². The van der Waals surface area contributed by atoms with Gasteiger partial charge in [-0.1, -0.05) is 13.3 Å². The second-order valence-electron chi connectivity index (χ2n) is 3.55. The van der Waals surface area contributed by atoms with Crippen molar-refractivity contribution >= 4 is 0 Å². The van der Waals surface area contributed by atoms with E-state index in [1.807, 2.05) is 12.1 Å². The summed E-state index contributed by atoms with van der Waals surface area (Å²) in [5, 5.41) is 5.60. The van der Waals surface area contributed by atoms with Crippen LogP contribution in [0.3, 0.4) is 0 Å². The van der Waals surface area contributed by atoms with Gasteiger partial charge in [0.05, 0.1) is 0 Å². The Morgan fingerprint density at radius 1 is 1.50 bits per heavy atom. The maximum atomic E-state index is 10.1. The van der Waals surface area contributed by atoms with Crippen LogP contribution in [0, 0.1) is 4.91 Å². The summed E-state index contributed by atoms with van der Waals surface area (Å²) in [7, 11) is 0. The first-order chi connectivity index (χ1) is 7.86. The van der Waals surface area contributed by atoms with Crippen LogP contribution in [0.25, 0.3) is 0 Å². The Kier molecular flexibility index (Phi) is 6.10. The van der Waals surface area contributed by atoms with Gasteiger partial charge in [0.2, 0.25) is 0 Å². The molecule has 0 aromatic carbocycles. The first-order valence-corrected chi connectivity index (χ1v) is 5.47. The van der Waals surface area contributed by atoms with E-state index in [1.54, 1.807) is 12.4 Å². The number of nitrogens with one attached hydrogen (secondary N) is 1. The molecule has 0 aliphatic rings. The molecule has 0 saturated carbocycles. The Balaban J connectivity index is 2.34. The number of unbranched alkanes of at least 4 members (excludes halogenated alkanes) is 1. The van der Waals surface area contributed by atoms with Crippen molar-refractivity contribution in [2.24, 2.45) is 5.34 Å². The van der Waals surface area contributed by atoms with E-state index in [4.69, 9.17) is 4.84 Å². The predicted octanol–water partition coefficient (Wildman–Crippen LogP) is 2.39. The molecule has 1 heterocycles. The maximum Gasteiger partial charge on any atom is 0.182 e. The van der Waals surface area contributed by atoms with Gasteiger partial charge in [0.25, 0.3) is 0 Å². The van der Waals surface area contributed by atoms with Crippen molar-refractivity contribution in [3.05, 3.63) is 35.0 Å². The normalized spacial score (nSPS) is 12.1. The Morgan fingerprint density at radius 3 is 2.88 bits per heavy atom. The van der Waals surface area contributed by atoms with Gasteiger partial charge in [-0.15, -0.1) is 4.91 Å². The fraction of sp³-hybridized carbons (Fsp3) is 0.545. The second-order valence-corrected chi connectivity index (χ2v) is 3.55. The van der Waals surface area contributed by atoms with Gasteiger partial charge in [-0.05, 0) is 24.1 Å². The van der Waals surface area contributed by atoms with Gasteiger partial charge in [-0.2, -0.15) is 0 Å². The molecule has 1 aromatic rings. The molecule has 1 aromatic heterocycles. The van der Waals surface area contributed by atoms with Gasteiger partial charge in [0, 0.05) is 25.4 Å². The molecule has 0 radical (unpaired) electrons. The smallest absolute Gasteiger partial charge is 0.182 e. The van der Waals surface area contributed by atoms with E-state index in [1.165, 1.54) is 0 Å². The third-order valence-electron chi connectivity index (χ3n) is 2.27. The van der Waals surface area contributed by atoms with Crippen molar-refractivity contribution in [1.82, 2.24) is 10.3 Å². The van der Waals surface area contributed by atoms with Crippen LogP contribution >= 0.6 is 0 Å². The topological polar surface area (TPSA) is 63.6 Å². The van der Waals surface area contributed by atoms with Gasteiger partial charge in [0.1, 0.15) is 0 Å². The molecule has 1 atom stereocenters. The number of rotatable bonds is 8. The number of hydrogen-bond acceptors (Lipinski definition) is 5. The molecule has 0 saturated heterocycles. The largest absolute Gasteiger partial charge is 0.345 e. The lowest BCUT2D eigenvalue weighted by molar-refractivity contribution is 0.0222. The molecule has 5 heteroatoms. The van der Waals surface area contributed by atoms with Crippen LogP contribution in [0.15, 0.2) is 29.9 Å². The van der Waals surface area contributed by atoms with Crippen molar-refractivity contribution in [3.8, 4) is 0 Å². The van der Waals surface area contributed by atoms with Crippen LogP contribution in [0.2, 0.25) is 0 Å². The summed E-state index contributed by atoms with van der Waals surface area (Å²) in [6.45, 7) is 2.74. The first-order valence-electron chi connectivity index (χ1n) is 5.47. The van der Waals surface area contributed by atoms with Crippen LogP contribution in [0.5, 0.6) is 0 Å². The number of aromatic nitrogens is 1. The van der Waals surface area contributed by atoms with Crippen LogP contribution in [0.1, 0.15) is 31.7 Å². The van der Waals surface area contributed by atoms with Crippen LogP contribution in [-0.2, 0) is 11.4 Å². The molecule has 0 bridgehead atoms. The van der Waals surface area contributed by atoms with Gasteiger partial charge in [-0.25, -0.2) is 0 Å². The standard InChI is InChI=1S/C11H17N3O2/c1-2-3-4-11(16-14-15)13-9-10-5-7-12-8-6-10/h5-8,11,13H,2-4,9H2,1H3.